The second-order valence-electron chi connectivity index (χ2n) is 7.48. The zero-order valence-electron chi connectivity index (χ0n) is 16.8. The predicted molar refractivity (Wildman–Crippen MR) is 118 cm³/mol. The highest BCUT2D eigenvalue weighted by Gasteiger charge is 2.20. The van der Waals surface area contributed by atoms with Gasteiger partial charge in [0.1, 0.15) is 12.4 Å². The van der Waals surface area contributed by atoms with Crippen molar-refractivity contribution >= 4 is 17.5 Å². The van der Waals surface area contributed by atoms with E-state index in [0.29, 0.717) is 28.9 Å². The zero-order chi connectivity index (χ0) is 20.6. The Labute approximate surface area is 177 Å². The topological polar surface area (TPSA) is 38.3 Å². The van der Waals surface area contributed by atoms with Gasteiger partial charge in [-0.25, -0.2) is 0 Å². The summed E-state index contributed by atoms with van der Waals surface area (Å²) in [5.41, 5.74) is 2.57. The molecule has 0 bridgehead atoms. The molecule has 1 atom stereocenters. The lowest BCUT2D eigenvalue weighted by atomic mass is 9.96. The number of carbonyl (C=O) groups is 1. The van der Waals surface area contributed by atoms with E-state index in [1.807, 2.05) is 60.7 Å². The number of benzene rings is 3. The Morgan fingerprint density at radius 1 is 0.966 bits per heavy atom. The highest BCUT2D eigenvalue weighted by molar-refractivity contribution is 6.31. The maximum Gasteiger partial charge on any atom is 0.255 e. The molecule has 1 amide bonds. The lowest BCUT2D eigenvalue weighted by Gasteiger charge is -2.22. The molecule has 3 nitrogen and oxygen atoms in total. The average Bonchev–Trinajstić information content (AvgIpc) is 2.73. The van der Waals surface area contributed by atoms with Crippen LogP contribution in [-0.2, 0) is 6.61 Å². The first kappa shape index (κ1) is 20.9. The van der Waals surface area contributed by atoms with E-state index >= 15 is 0 Å². The molecular formula is C25H26ClNO2. The van der Waals surface area contributed by atoms with Gasteiger partial charge in [-0.3, -0.25) is 4.79 Å². The molecule has 0 aliphatic rings. The Hall–Kier alpha value is -2.78. The largest absolute Gasteiger partial charge is 0.488 e. The molecular weight excluding hydrogens is 382 g/mol. The Morgan fingerprint density at radius 3 is 2.28 bits per heavy atom. The predicted octanol–water partition coefficient (Wildman–Crippen LogP) is 6.44. The third-order valence-electron chi connectivity index (χ3n) is 4.64. The maximum atomic E-state index is 13.1. The number of ether oxygens (including phenoxy) is 1. The van der Waals surface area contributed by atoms with Crippen molar-refractivity contribution in [3.05, 3.63) is 101 Å². The molecule has 0 heterocycles. The Balaban J connectivity index is 1.80. The summed E-state index contributed by atoms with van der Waals surface area (Å²) in [5.74, 6) is 0.769. The minimum Gasteiger partial charge on any atom is -0.488 e. The number of hydrogen-bond acceptors (Lipinski definition) is 2. The van der Waals surface area contributed by atoms with Crippen LogP contribution in [0.1, 0.15) is 47.8 Å². The molecule has 0 aliphatic heterocycles. The summed E-state index contributed by atoms with van der Waals surface area (Å²) in [6.45, 7) is 4.68. The third kappa shape index (κ3) is 6.10. The minimum atomic E-state index is -0.190. The van der Waals surface area contributed by atoms with Gasteiger partial charge in [0.05, 0.1) is 11.6 Å². The standard InChI is InChI=1S/C25H26ClNO2/c1-18(2)15-23(20-11-7-4-8-12-20)27-25(28)22-16-21(26)13-14-24(22)29-17-19-9-5-3-6-10-19/h3-14,16,18,23H,15,17H2,1-2H3,(H,27,28). The Bertz CT molecular complexity index is 926. The van der Waals surface area contributed by atoms with Crippen molar-refractivity contribution in [1.82, 2.24) is 5.32 Å². The van der Waals surface area contributed by atoms with Crippen LogP contribution in [-0.4, -0.2) is 5.91 Å². The number of amides is 1. The van der Waals surface area contributed by atoms with Crippen LogP contribution in [0.2, 0.25) is 5.02 Å². The van der Waals surface area contributed by atoms with Crippen LogP contribution < -0.4 is 10.1 Å². The molecule has 1 N–H and O–H groups in total. The molecule has 0 aliphatic carbocycles. The van der Waals surface area contributed by atoms with Crippen molar-refractivity contribution in [2.45, 2.75) is 32.9 Å². The van der Waals surface area contributed by atoms with Gasteiger partial charge in [-0.05, 0) is 41.7 Å². The summed E-state index contributed by atoms with van der Waals surface area (Å²) in [6.07, 6.45) is 0.844. The van der Waals surface area contributed by atoms with Gasteiger partial charge in [0.2, 0.25) is 0 Å². The molecule has 3 aromatic carbocycles. The smallest absolute Gasteiger partial charge is 0.255 e. The van der Waals surface area contributed by atoms with E-state index in [-0.39, 0.29) is 11.9 Å². The first-order valence-corrected chi connectivity index (χ1v) is 10.2. The fourth-order valence-electron chi connectivity index (χ4n) is 3.21. The van der Waals surface area contributed by atoms with Crippen LogP contribution in [0.4, 0.5) is 0 Å². The lowest BCUT2D eigenvalue weighted by molar-refractivity contribution is 0.0927. The van der Waals surface area contributed by atoms with E-state index in [9.17, 15) is 4.79 Å². The lowest BCUT2D eigenvalue weighted by Crippen LogP contribution is -2.30. The fraction of sp³-hybridized carbons (Fsp3) is 0.240. The van der Waals surface area contributed by atoms with E-state index in [1.165, 1.54) is 0 Å². The van der Waals surface area contributed by atoms with Crippen molar-refractivity contribution in [3.63, 3.8) is 0 Å². The van der Waals surface area contributed by atoms with E-state index in [2.05, 4.69) is 19.2 Å². The molecule has 150 valence electrons. The summed E-state index contributed by atoms with van der Waals surface area (Å²) in [4.78, 5) is 13.1. The van der Waals surface area contributed by atoms with Gasteiger partial charge < -0.3 is 10.1 Å². The van der Waals surface area contributed by atoms with Crippen molar-refractivity contribution in [1.29, 1.82) is 0 Å². The number of hydrogen-bond donors (Lipinski definition) is 1. The summed E-state index contributed by atoms with van der Waals surface area (Å²) in [5, 5.41) is 3.67. The Kier molecular flexibility index (Phi) is 7.31. The molecule has 0 saturated heterocycles. The molecule has 0 radical (unpaired) electrons. The van der Waals surface area contributed by atoms with Crippen LogP contribution in [0.25, 0.3) is 0 Å². The summed E-state index contributed by atoms with van der Waals surface area (Å²) in [7, 11) is 0. The number of halogens is 1. The molecule has 3 rings (SSSR count). The van der Waals surface area contributed by atoms with Crippen molar-refractivity contribution in [2.24, 2.45) is 5.92 Å². The molecule has 1 unspecified atom stereocenters. The summed E-state index contributed by atoms with van der Waals surface area (Å²) in [6, 6.07) is 25.0. The SMILES string of the molecule is CC(C)CC(NC(=O)c1cc(Cl)ccc1OCc1ccccc1)c1ccccc1. The van der Waals surface area contributed by atoms with E-state index in [0.717, 1.165) is 17.5 Å². The quantitative estimate of drug-likeness (QED) is 0.466. The van der Waals surface area contributed by atoms with Gasteiger partial charge in [0.25, 0.3) is 5.91 Å². The van der Waals surface area contributed by atoms with Gasteiger partial charge in [-0.2, -0.15) is 0 Å². The van der Waals surface area contributed by atoms with Crippen molar-refractivity contribution < 1.29 is 9.53 Å². The van der Waals surface area contributed by atoms with Crippen molar-refractivity contribution in [3.8, 4) is 5.75 Å². The first-order chi connectivity index (χ1) is 14.0. The zero-order valence-corrected chi connectivity index (χ0v) is 17.5. The number of nitrogens with one attached hydrogen (secondary N) is 1. The molecule has 0 aromatic heterocycles. The van der Waals surface area contributed by atoms with Crippen LogP contribution in [0.15, 0.2) is 78.9 Å². The first-order valence-electron chi connectivity index (χ1n) is 9.85. The number of rotatable bonds is 8. The molecule has 0 saturated carbocycles. The number of carbonyl (C=O) groups excluding carboxylic acids is 1. The van der Waals surface area contributed by atoms with Gasteiger partial charge in [0.15, 0.2) is 0 Å². The van der Waals surface area contributed by atoms with E-state index < -0.39 is 0 Å². The third-order valence-corrected chi connectivity index (χ3v) is 4.87. The molecule has 0 fully saturated rings. The molecule has 0 spiro atoms. The maximum absolute atomic E-state index is 13.1. The molecule has 29 heavy (non-hydrogen) atoms. The van der Waals surface area contributed by atoms with Gasteiger partial charge in [-0.15, -0.1) is 0 Å². The van der Waals surface area contributed by atoms with E-state index in [1.54, 1.807) is 18.2 Å². The van der Waals surface area contributed by atoms with Gasteiger partial charge >= 0.3 is 0 Å². The van der Waals surface area contributed by atoms with Gasteiger partial charge in [-0.1, -0.05) is 86.1 Å². The Morgan fingerprint density at radius 2 is 1.62 bits per heavy atom. The molecule has 3 aromatic rings. The van der Waals surface area contributed by atoms with Crippen LogP contribution in [0, 0.1) is 5.92 Å². The van der Waals surface area contributed by atoms with Crippen LogP contribution >= 0.6 is 11.6 Å². The highest BCUT2D eigenvalue weighted by Crippen LogP contribution is 2.27. The highest BCUT2D eigenvalue weighted by atomic mass is 35.5. The monoisotopic (exact) mass is 407 g/mol. The fourth-order valence-corrected chi connectivity index (χ4v) is 3.38. The average molecular weight is 408 g/mol. The van der Waals surface area contributed by atoms with Crippen LogP contribution in [0.5, 0.6) is 5.75 Å². The van der Waals surface area contributed by atoms with E-state index in [4.69, 9.17) is 16.3 Å². The normalized spacial score (nSPS) is 11.9. The second-order valence-corrected chi connectivity index (χ2v) is 7.92. The van der Waals surface area contributed by atoms with Gasteiger partial charge in [0, 0.05) is 5.02 Å². The summed E-state index contributed by atoms with van der Waals surface area (Å²) < 4.78 is 5.95. The second kappa shape index (κ2) is 10.1. The molecule has 4 heteroatoms. The van der Waals surface area contributed by atoms with Crippen molar-refractivity contribution in [2.75, 3.05) is 0 Å². The van der Waals surface area contributed by atoms with Crippen LogP contribution in [0.3, 0.4) is 0 Å². The minimum absolute atomic E-state index is 0.0790. The summed E-state index contributed by atoms with van der Waals surface area (Å²) >= 11 is 6.18.